The molecule has 0 amide bonds. The topological polar surface area (TPSA) is 124 Å². The number of hydrogen-bond acceptors (Lipinski definition) is 13. The molecule has 0 aliphatic carbocycles. The van der Waals surface area contributed by atoms with Gasteiger partial charge in [0.05, 0.1) is 27.9 Å². The Bertz CT molecular complexity index is 1150. The second kappa shape index (κ2) is 17.7. The Labute approximate surface area is 315 Å². The number of aromatic nitrogens is 3. The van der Waals surface area contributed by atoms with E-state index < -0.39 is 0 Å². The number of anilines is 3. The zero-order valence-corrected chi connectivity index (χ0v) is 35.1. The summed E-state index contributed by atoms with van der Waals surface area (Å²) in [6, 6.07) is 0.529. The number of aliphatic hydroxyl groups excluding tert-OH is 1. The Kier molecular flexibility index (Phi) is 14.6. The molecule has 1 aromatic rings. The van der Waals surface area contributed by atoms with Gasteiger partial charge >= 0.3 is 0 Å². The molecule has 13 heteroatoms. The van der Waals surface area contributed by atoms with E-state index in [-0.39, 0.29) is 46.9 Å². The molecule has 0 saturated carbocycles. The lowest BCUT2D eigenvalue weighted by atomic mass is 9.71. The van der Waals surface area contributed by atoms with E-state index in [1.807, 2.05) is 5.06 Å². The molecule has 52 heavy (non-hydrogen) atoms. The molecule has 0 radical (unpaired) electrons. The maximum Gasteiger partial charge on any atom is 0.232 e. The molecule has 1 aromatic heterocycles. The highest BCUT2D eigenvalue weighted by molar-refractivity contribution is 5.46. The minimum atomic E-state index is -0.131. The molecule has 4 heterocycles. The van der Waals surface area contributed by atoms with Crippen LogP contribution in [0.15, 0.2) is 0 Å². The van der Waals surface area contributed by atoms with Gasteiger partial charge in [0, 0.05) is 59.9 Å². The van der Waals surface area contributed by atoms with Crippen LogP contribution in [0, 0.1) is 11.8 Å². The minimum absolute atomic E-state index is 0.0170. The lowest BCUT2D eigenvalue weighted by molar-refractivity contribution is -0.272. The minimum Gasteiger partial charge on any atom is -0.395 e. The van der Waals surface area contributed by atoms with E-state index in [1.54, 1.807) is 21.3 Å². The molecule has 300 valence electrons. The highest BCUT2D eigenvalue weighted by Gasteiger charge is 2.49. The first-order valence-electron chi connectivity index (χ1n) is 20.1. The molecular weight excluding hydrogens is 658 g/mol. The summed E-state index contributed by atoms with van der Waals surface area (Å²) in [7, 11) is 5.31. The fourth-order valence-electron chi connectivity index (χ4n) is 10.6. The molecule has 0 spiro atoms. The molecule has 2 unspecified atom stereocenters. The third-order valence-corrected chi connectivity index (χ3v) is 11.9. The van der Waals surface area contributed by atoms with Crippen molar-refractivity contribution in [3.05, 3.63) is 0 Å². The van der Waals surface area contributed by atoms with Gasteiger partial charge in [-0.05, 0) is 119 Å². The van der Waals surface area contributed by atoms with Gasteiger partial charge in [0.15, 0.2) is 0 Å². The highest BCUT2D eigenvalue weighted by Crippen LogP contribution is 2.45. The van der Waals surface area contributed by atoms with Crippen molar-refractivity contribution >= 4 is 17.8 Å². The Hall–Kier alpha value is -1.87. The molecule has 4 rings (SSSR count). The van der Waals surface area contributed by atoms with Crippen LogP contribution >= 0.6 is 0 Å². The first kappa shape index (κ1) is 42.9. The molecule has 13 nitrogen and oxygen atoms in total. The van der Waals surface area contributed by atoms with Crippen molar-refractivity contribution in [3.63, 3.8) is 0 Å². The highest BCUT2D eigenvalue weighted by atomic mass is 16.7. The van der Waals surface area contributed by atoms with E-state index in [2.05, 4.69) is 94.9 Å². The second-order valence-electron chi connectivity index (χ2n) is 18.2. The van der Waals surface area contributed by atoms with Crippen molar-refractivity contribution in [2.75, 3.05) is 63.1 Å². The maximum atomic E-state index is 10.3. The number of hydrogen-bond donors (Lipinski definition) is 3. The van der Waals surface area contributed by atoms with Crippen LogP contribution in [0.3, 0.4) is 0 Å². The van der Waals surface area contributed by atoms with E-state index >= 15 is 0 Å². The maximum absolute atomic E-state index is 10.3. The number of nitrogens with zero attached hydrogens (tertiary/aromatic N) is 7. The first-order valence-corrected chi connectivity index (χ1v) is 20.1. The van der Waals surface area contributed by atoms with Crippen molar-refractivity contribution in [3.8, 4) is 0 Å². The van der Waals surface area contributed by atoms with Crippen LogP contribution in [0.5, 0.6) is 0 Å². The first-order chi connectivity index (χ1) is 24.4. The van der Waals surface area contributed by atoms with Crippen LogP contribution in [-0.4, -0.2) is 123 Å². The quantitative estimate of drug-likeness (QED) is 0.161. The van der Waals surface area contributed by atoms with Crippen molar-refractivity contribution in [2.45, 2.75) is 174 Å². The Morgan fingerprint density at radius 3 is 1.42 bits per heavy atom. The molecule has 0 aromatic carbocycles. The number of hydroxylamine groups is 6. The van der Waals surface area contributed by atoms with Gasteiger partial charge in [-0.3, -0.25) is 0 Å². The van der Waals surface area contributed by atoms with Crippen molar-refractivity contribution in [1.82, 2.24) is 30.1 Å². The fourth-order valence-corrected chi connectivity index (χ4v) is 10.6. The summed E-state index contributed by atoms with van der Waals surface area (Å²) >= 11 is 0. The van der Waals surface area contributed by atoms with Crippen LogP contribution < -0.4 is 15.5 Å². The third-order valence-electron chi connectivity index (χ3n) is 11.9. The summed E-state index contributed by atoms with van der Waals surface area (Å²) in [6.45, 7) is 24.9. The molecule has 3 saturated heterocycles. The average molecular weight is 734 g/mol. The van der Waals surface area contributed by atoms with Gasteiger partial charge in [-0.15, -0.1) is 0 Å². The van der Waals surface area contributed by atoms with Gasteiger partial charge in [0.2, 0.25) is 17.8 Å². The summed E-state index contributed by atoms with van der Waals surface area (Å²) in [6.07, 6.45) is 9.85. The summed E-state index contributed by atoms with van der Waals surface area (Å²) in [5.74, 6) is 2.59. The van der Waals surface area contributed by atoms with Crippen LogP contribution in [0.4, 0.5) is 17.8 Å². The van der Waals surface area contributed by atoms with E-state index in [1.165, 1.54) is 0 Å². The number of aliphatic hydroxyl groups is 1. The SMILES string of the molecule is CCCC(Nc1nc(NC(CCC)C2CC(C)(C)N(OC)C(C)(C)C2)nc(N(CCO)C2CCN(OC)CC2)n1)C1CC(C)(C)N(OC)C(C)(C)C1. The van der Waals surface area contributed by atoms with Gasteiger partial charge in [0.1, 0.15) is 0 Å². The van der Waals surface area contributed by atoms with E-state index in [0.717, 1.165) is 77.3 Å². The molecule has 3 aliphatic heterocycles. The number of piperidine rings is 3. The van der Waals surface area contributed by atoms with Crippen LogP contribution in [0.2, 0.25) is 0 Å². The average Bonchev–Trinajstić information content (AvgIpc) is 3.05. The second-order valence-corrected chi connectivity index (χ2v) is 18.2. The van der Waals surface area contributed by atoms with Crippen molar-refractivity contribution in [2.24, 2.45) is 11.8 Å². The van der Waals surface area contributed by atoms with Gasteiger partial charge in [-0.25, -0.2) is 0 Å². The third kappa shape index (κ3) is 10.1. The van der Waals surface area contributed by atoms with Gasteiger partial charge in [-0.2, -0.15) is 30.1 Å². The van der Waals surface area contributed by atoms with Crippen LogP contribution in [-0.2, 0) is 14.5 Å². The lowest BCUT2D eigenvalue weighted by Crippen LogP contribution is -2.61. The molecule has 3 aliphatic rings. The van der Waals surface area contributed by atoms with Gasteiger partial charge in [0.25, 0.3) is 0 Å². The normalized spacial score (nSPS) is 24.4. The Morgan fingerprint density at radius 2 is 1.10 bits per heavy atom. The van der Waals surface area contributed by atoms with Crippen molar-refractivity contribution < 1.29 is 19.6 Å². The lowest BCUT2D eigenvalue weighted by Gasteiger charge is -2.54. The molecule has 3 N–H and O–H groups in total. The van der Waals surface area contributed by atoms with Crippen molar-refractivity contribution in [1.29, 1.82) is 0 Å². The summed E-state index contributed by atoms with van der Waals surface area (Å²) in [5, 5.41) is 24.4. The fraction of sp³-hybridized carbons (Fsp3) is 0.923. The Morgan fingerprint density at radius 1 is 0.692 bits per heavy atom. The van der Waals surface area contributed by atoms with Crippen LogP contribution in [0.1, 0.15) is 133 Å². The smallest absolute Gasteiger partial charge is 0.232 e. The largest absolute Gasteiger partial charge is 0.395 e. The zero-order valence-electron chi connectivity index (χ0n) is 35.1. The molecular formula is C39H75N9O4. The van der Waals surface area contributed by atoms with E-state index in [9.17, 15) is 5.11 Å². The van der Waals surface area contributed by atoms with E-state index in [0.29, 0.717) is 36.2 Å². The zero-order chi connectivity index (χ0) is 38.5. The number of nitrogens with one attached hydrogen (secondary N) is 2. The number of rotatable bonds is 17. The van der Waals surface area contributed by atoms with Gasteiger partial charge in [-0.1, -0.05) is 26.7 Å². The predicted octanol–water partition coefficient (Wildman–Crippen LogP) is 6.52. The standard InChI is InChI=1S/C39H75N9O4/c1-14-16-31(28-24-36(3,4)47(51-12)37(5,6)25-28)40-33-42-34(44-35(43-33)46(22-23-49)30-18-20-45(50-11)21-19-30)41-32(17-15-2)29-26-38(7,8)48(52-13)39(9,10)27-29/h28-32,49H,14-27H2,1-13H3,(H2,40,41,42,43,44). The van der Waals surface area contributed by atoms with E-state index in [4.69, 9.17) is 29.5 Å². The predicted molar refractivity (Wildman–Crippen MR) is 210 cm³/mol. The summed E-state index contributed by atoms with van der Waals surface area (Å²) in [5.41, 5.74) is -0.523. The molecule has 3 fully saturated rings. The summed E-state index contributed by atoms with van der Waals surface area (Å²) < 4.78 is 0. The van der Waals surface area contributed by atoms with Crippen LogP contribution in [0.25, 0.3) is 0 Å². The summed E-state index contributed by atoms with van der Waals surface area (Å²) in [4.78, 5) is 35.1. The van der Waals surface area contributed by atoms with Gasteiger partial charge < -0.3 is 35.2 Å². The molecule has 2 atom stereocenters. The Balaban J connectivity index is 1.73. The monoisotopic (exact) mass is 734 g/mol. The molecule has 0 bridgehead atoms.